The van der Waals surface area contributed by atoms with Crippen LogP contribution in [0.2, 0.25) is 0 Å². The number of alkyl halides is 2. The summed E-state index contributed by atoms with van der Waals surface area (Å²) >= 11 is 4.86. The zero-order valence-electron chi connectivity index (χ0n) is 22.7. The Kier molecular flexibility index (Phi) is 9.38. The molecule has 2 fully saturated rings. The number of fused-ring (bicyclic) bond motifs is 2. The zero-order valence-corrected chi connectivity index (χ0v) is 27.0. The number of ether oxygens (including phenoxy) is 2. The number of aliphatic imine (C=N–C) groups is 2. The Bertz CT molecular complexity index is 1170. The SMILES string of the molecule is CC1(CI)N=C(C2CCCCC2)Oc2ccccc21.CC1(CI)OC(C2CCCCC2)=Nc2ccccc21. The number of para-hydroxylation sites is 2. The molecule has 0 radical (unpaired) electrons. The lowest BCUT2D eigenvalue weighted by Crippen LogP contribution is -2.37. The third-order valence-electron chi connectivity index (χ3n) is 8.50. The standard InChI is InChI=1S/2C16H20INO/c1-16(11-17)13-9-5-6-10-14(13)19-15(18-16)12-7-3-2-4-8-12;1-16(11-17)13-9-5-6-10-14(13)18-15(19-16)12-7-3-2-4-8-12/h2*5-6,9-10,12H,2-4,7-8,11H2,1H3. The van der Waals surface area contributed by atoms with Gasteiger partial charge in [-0.3, -0.25) is 0 Å². The lowest BCUT2D eigenvalue weighted by Gasteiger charge is -2.37. The number of halogens is 2. The Morgan fingerprint density at radius 3 is 1.95 bits per heavy atom. The van der Waals surface area contributed by atoms with Gasteiger partial charge >= 0.3 is 0 Å². The highest BCUT2D eigenvalue weighted by atomic mass is 127. The molecular weight excluding hydrogens is 698 g/mol. The van der Waals surface area contributed by atoms with E-state index in [1.54, 1.807) is 0 Å². The van der Waals surface area contributed by atoms with Gasteiger partial charge in [0.2, 0.25) is 0 Å². The fraction of sp³-hybridized carbons (Fsp3) is 0.562. The van der Waals surface area contributed by atoms with Crippen molar-refractivity contribution in [1.29, 1.82) is 0 Å². The smallest absolute Gasteiger partial charge is 0.194 e. The largest absolute Gasteiger partial charge is 0.469 e. The van der Waals surface area contributed by atoms with Gasteiger partial charge in [0.25, 0.3) is 0 Å². The van der Waals surface area contributed by atoms with Crippen molar-refractivity contribution in [2.75, 3.05) is 8.86 Å². The van der Waals surface area contributed by atoms with E-state index in [9.17, 15) is 0 Å². The molecule has 2 aromatic rings. The van der Waals surface area contributed by atoms with Crippen LogP contribution in [0.15, 0.2) is 58.5 Å². The van der Waals surface area contributed by atoms with Gasteiger partial charge in [-0.1, -0.05) is 120 Å². The van der Waals surface area contributed by atoms with Crippen LogP contribution in [0.3, 0.4) is 0 Å². The average molecular weight is 738 g/mol. The summed E-state index contributed by atoms with van der Waals surface area (Å²) < 4.78 is 14.4. The Hall–Kier alpha value is -1.16. The van der Waals surface area contributed by atoms with E-state index in [0.717, 1.165) is 32.1 Å². The molecular formula is C32H40I2N2O2. The van der Waals surface area contributed by atoms with Gasteiger partial charge in [0.05, 0.1) is 11.2 Å². The van der Waals surface area contributed by atoms with E-state index in [-0.39, 0.29) is 11.1 Å². The van der Waals surface area contributed by atoms with Gasteiger partial charge in [-0.15, -0.1) is 0 Å². The lowest BCUT2D eigenvalue weighted by molar-refractivity contribution is 0.0843. The summed E-state index contributed by atoms with van der Waals surface area (Å²) in [7, 11) is 0. The third-order valence-corrected chi connectivity index (χ3v) is 11.4. The van der Waals surface area contributed by atoms with Crippen LogP contribution in [0.25, 0.3) is 0 Å². The van der Waals surface area contributed by atoms with Gasteiger partial charge in [0.15, 0.2) is 11.8 Å². The molecule has 4 nitrogen and oxygen atoms in total. The molecule has 0 spiro atoms. The van der Waals surface area contributed by atoms with Crippen LogP contribution < -0.4 is 4.74 Å². The van der Waals surface area contributed by atoms with E-state index >= 15 is 0 Å². The zero-order chi connectivity index (χ0) is 26.6. The van der Waals surface area contributed by atoms with Crippen LogP contribution in [0.5, 0.6) is 5.75 Å². The molecule has 204 valence electrons. The third kappa shape index (κ3) is 6.11. The molecule has 2 aliphatic heterocycles. The second kappa shape index (κ2) is 12.6. The fourth-order valence-corrected chi connectivity index (χ4v) is 7.28. The molecule has 2 heterocycles. The summed E-state index contributed by atoms with van der Waals surface area (Å²) in [6.07, 6.45) is 12.9. The molecule has 6 rings (SSSR count). The highest BCUT2D eigenvalue weighted by molar-refractivity contribution is 14.1. The summed E-state index contributed by atoms with van der Waals surface area (Å²) in [5.41, 5.74) is 3.22. The summed E-state index contributed by atoms with van der Waals surface area (Å²) in [6.45, 7) is 4.42. The van der Waals surface area contributed by atoms with Gasteiger partial charge in [0, 0.05) is 31.8 Å². The summed E-state index contributed by atoms with van der Waals surface area (Å²) in [4.78, 5) is 9.79. The second-order valence-corrected chi connectivity index (χ2v) is 13.1. The van der Waals surface area contributed by atoms with Crippen LogP contribution in [0.4, 0.5) is 5.69 Å². The highest BCUT2D eigenvalue weighted by Crippen LogP contribution is 2.42. The summed E-state index contributed by atoms with van der Waals surface area (Å²) in [5.74, 6) is 4.04. The molecule has 2 aromatic carbocycles. The van der Waals surface area contributed by atoms with Crippen molar-refractivity contribution in [3.05, 3.63) is 59.7 Å². The predicted molar refractivity (Wildman–Crippen MR) is 175 cm³/mol. The van der Waals surface area contributed by atoms with Gasteiger partial charge in [0.1, 0.15) is 11.4 Å². The first-order valence-electron chi connectivity index (χ1n) is 14.3. The minimum absolute atomic E-state index is 0.123. The van der Waals surface area contributed by atoms with E-state index in [2.05, 4.69) is 108 Å². The first-order chi connectivity index (χ1) is 18.5. The summed E-state index contributed by atoms with van der Waals surface area (Å²) in [6, 6.07) is 16.8. The van der Waals surface area contributed by atoms with Crippen LogP contribution in [0, 0.1) is 11.8 Å². The fourth-order valence-electron chi connectivity index (χ4n) is 6.13. The Morgan fingerprint density at radius 1 is 0.737 bits per heavy atom. The molecule has 0 amide bonds. The highest BCUT2D eigenvalue weighted by Gasteiger charge is 2.38. The quantitative estimate of drug-likeness (QED) is 0.232. The number of hydrogen-bond donors (Lipinski definition) is 0. The van der Waals surface area contributed by atoms with Crippen LogP contribution >= 0.6 is 45.2 Å². The molecule has 0 aromatic heterocycles. The molecule has 0 N–H and O–H groups in total. The van der Waals surface area contributed by atoms with Gasteiger partial charge in [-0.05, 0) is 51.7 Å². The molecule has 0 bridgehead atoms. The molecule has 4 aliphatic rings. The van der Waals surface area contributed by atoms with Gasteiger partial charge in [-0.25, -0.2) is 9.98 Å². The van der Waals surface area contributed by atoms with Crippen molar-refractivity contribution in [1.82, 2.24) is 0 Å². The van der Waals surface area contributed by atoms with Crippen molar-refractivity contribution in [2.24, 2.45) is 21.8 Å². The van der Waals surface area contributed by atoms with Crippen molar-refractivity contribution in [3.63, 3.8) is 0 Å². The molecule has 2 atom stereocenters. The second-order valence-electron chi connectivity index (χ2n) is 11.6. The molecule has 2 aliphatic carbocycles. The number of rotatable bonds is 4. The van der Waals surface area contributed by atoms with Crippen molar-refractivity contribution >= 4 is 62.7 Å². The molecule has 0 saturated heterocycles. The van der Waals surface area contributed by atoms with E-state index < -0.39 is 0 Å². The van der Waals surface area contributed by atoms with Gasteiger partial charge in [-0.2, -0.15) is 0 Å². The van der Waals surface area contributed by atoms with Crippen LogP contribution in [-0.2, 0) is 15.9 Å². The topological polar surface area (TPSA) is 43.2 Å². The van der Waals surface area contributed by atoms with Crippen molar-refractivity contribution in [3.8, 4) is 5.75 Å². The average Bonchev–Trinajstić information content (AvgIpc) is 2.98. The normalized spacial score (nSPS) is 27.4. The maximum absolute atomic E-state index is 6.33. The minimum atomic E-state index is -0.217. The first kappa shape index (κ1) is 28.4. The summed E-state index contributed by atoms with van der Waals surface area (Å²) in [5, 5.41) is 0. The minimum Gasteiger partial charge on any atom is -0.469 e. The lowest BCUT2D eigenvalue weighted by atomic mass is 9.87. The predicted octanol–water partition coefficient (Wildman–Crippen LogP) is 9.69. The van der Waals surface area contributed by atoms with Crippen molar-refractivity contribution in [2.45, 2.75) is 89.2 Å². The van der Waals surface area contributed by atoms with Crippen molar-refractivity contribution < 1.29 is 9.47 Å². The molecule has 38 heavy (non-hydrogen) atoms. The Balaban J connectivity index is 0.000000155. The monoisotopic (exact) mass is 738 g/mol. The molecule has 2 unspecified atom stereocenters. The molecule has 2 saturated carbocycles. The van der Waals surface area contributed by atoms with Crippen LogP contribution in [-0.4, -0.2) is 20.7 Å². The number of benzene rings is 2. The van der Waals surface area contributed by atoms with E-state index in [0.29, 0.717) is 11.8 Å². The van der Waals surface area contributed by atoms with E-state index in [4.69, 9.17) is 19.5 Å². The van der Waals surface area contributed by atoms with E-state index in [1.807, 2.05) is 0 Å². The van der Waals surface area contributed by atoms with E-state index in [1.165, 1.54) is 75.3 Å². The number of hydrogen-bond acceptors (Lipinski definition) is 4. The Labute approximate surface area is 255 Å². The maximum Gasteiger partial charge on any atom is 0.194 e. The Morgan fingerprint density at radius 2 is 1.32 bits per heavy atom. The van der Waals surface area contributed by atoms with Crippen LogP contribution in [0.1, 0.15) is 89.2 Å². The maximum atomic E-state index is 6.33. The van der Waals surface area contributed by atoms with Gasteiger partial charge < -0.3 is 9.47 Å². The molecule has 6 heteroatoms. The first-order valence-corrected chi connectivity index (χ1v) is 17.4. The number of nitrogens with zero attached hydrogens (tertiary/aromatic N) is 2.